The van der Waals surface area contributed by atoms with E-state index in [1.54, 1.807) is 0 Å². The molecule has 0 saturated heterocycles. The average molecular weight is 177 g/mol. The summed E-state index contributed by atoms with van der Waals surface area (Å²) < 4.78 is 0. The first kappa shape index (κ1) is 8.63. The van der Waals surface area contributed by atoms with Gasteiger partial charge < -0.3 is 5.32 Å². The van der Waals surface area contributed by atoms with E-state index in [0.29, 0.717) is 5.54 Å². The summed E-state index contributed by atoms with van der Waals surface area (Å²) in [6.45, 7) is 5.03. The Labute approximate surface area is 78.6 Å². The molecule has 1 aliphatic rings. The van der Waals surface area contributed by atoms with E-state index < -0.39 is 0 Å². The van der Waals surface area contributed by atoms with Crippen molar-refractivity contribution in [2.45, 2.75) is 38.8 Å². The van der Waals surface area contributed by atoms with Crippen molar-refractivity contribution in [2.24, 2.45) is 0 Å². The number of aryl methyl sites for hydroxylation is 1. The molecule has 1 N–H and O–H groups in total. The van der Waals surface area contributed by atoms with Gasteiger partial charge in [0.15, 0.2) is 0 Å². The molecule has 70 valence electrons. The summed E-state index contributed by atoms with van der Waals surface area (Å²) in [4.78, 5) is 8.39. The van der Waals surface area contributed by atoms with Crippen molar-refractivity contribution in [1.29, 1.82) is 0 Å². The zero-order valence-corrected chi connectivity index (χ0v) is 8.17. The lowest BCUT2D eigenvalue weighted by molar-refractivity contribution is 0.531. The fraction of sp³-hybridized carbons (Fsp3) is 0.600. The number of nitrogens with one attached hydrogen (secondary N) is 1. The maximum absolute atomic E-state index is 4.33. The smallest absolute Gasteiger partial charge is 0.125 e. The third-order valence-electron chi connectivity index (χ3n) is 2.53. The van der Waals surface area contributed by atoms with Crippen molar-refractivity contribution in [3.05, 3.63) is 23.8 Å². The lowest BCUT2D eigenvalue weighted by Crippen LogP contribution is -2.27. The van der Waals surface area contributed by atoms with Gasteiger partial charge in [0.05, 0.1) is 5.69 Å². The molecule has 0 unspecified atom stereocenters. The highest BCUT2D eigenvalue weighted by molar-refractivity contribution is 5.04. The minimum atomic E-state index is 0.388. The molecule has 0 aliphatic heterocycles. The summed E-state index contributed by atoms with van der Waals surface area (Å²) in [5.41, 5.74) is 1.47. The molecule has 1 heterocycles. The van der Waals surface area contributed by atoms with Gasteiger partial charge in [-0.15, -0.1) is 0 Å². The highest BCUT2D eigenvalue weighted by Crippen LogP contribution is 2.34. The molecule has 3 heteroatoms. The topological polar surface area (TPSA) is 37.8 Å². The Balaban J connectivity index is 1.94. The van der Waals surface area contributed by atoms with E-state index in [-0.39, 0.29) is 0 Å². The van der Waals surface area contributed by atoms with Gasteiger partial charge in [0, 0.05) is 18.3 Å². The van der Waals surface area contributed by atoms with Gasteiger partial charge in [-0.25, -0.2) is 9.97 Å². The zero-order chi connectivity index (χ0) is 9.31. The lowest BCUT2D eigenvalue weighted by atomic mass is 10.3. The Morgan fingerprint density at radius 1 is 1.54 bits per heavy atom. The monoisotopic (exact) mass is 177 g/mol. The van der Waals surface area contributed by atoms with Crippen LogP contribution in [0.3, 0.4) is 0 Å². The predicted octanol–water partition coefficient (Wildman–Crippen LogP) is 1.43. The summed E-state index contributed by atoms with van der Waals surface area (Å²) in [5.74, 6) is 0.847. The summed E-state index contributed by atoms with van der Waals surface area (Å²) in [6, 6.07) is 1.96. The molecule has 0 radical (unpaired) electrons. The van der Waals surface area contributed by atoms with Gasteiger partial charge in [0.25, 0.3) is 0 Å². The molecule has 1 aromatic rings. The fourth-order valence-corrected chi connectivity index (χ4v) is 1.27. The van der Waals surface area contributed by atoms with Gasteiger partial charge in [-0.2, -0.15) is 0 Å². The second-order valence-electron chi connectivity index (χ2n) is 4.01. The van der Waals surface area contributed by atoms with E-state index in [4.69, 9.17) is 0 Å². The number of hydrogen-bond acceptors (Lipinski definition) is 3. The molecule has 13 heavy (non-hydrogen) atoms. The molecule has 0 amide bonds. The Kier molecular flexibility index (Phi) is 2.04. The van der Waals surface area contributed by atoms with E-state index >= 15 is 0 Å². The van der Waals surface area contributed by atoms with Crippen LogP contribution in [0.4, 0.5) is 0 Å². The van der Waals surface area contributed by atoms with E-state index in [9.17, 15) is 0 Å². The summed E-state index contributed by atoms with van der Waals surface area (Å²) in [7, 11) is 0. The SMILES string of the molecule is Cc1nccc(CNC2(C)CC2)n1. The first-order valence-corrected chi connectivity index (χ1v) is 4.72. The van der Waals surface area contributed by atoms with Gasteiger partial charge in [-0.1, -0.05) is 0 Å². The maximum Gasteiger partial charge on any atom is 0.125 e. The van der Waals surface area contributed by atoms with E-state index in [1.807, 2.05) is 19.2 Å². The van der Waals surface area contributed by atoms with E-state index in [2.05, 4.69) is 22.2 Å². The van der Waals surface area contributed by atoms with Crippen LogP contribution in [0, 0.1) is 6.92 Å². The molecule has 0 atom stereocenters. The molecule has 3 nitrogen and oxygen atoms in total. The fourth-order valence-electron chi connectivity index (χ4n) is 1.27. The van der Waals surface area contributed by atoms with Crippen molar-refractivity contribution in [3.8, 4) is 0 Å². The van der Waals surface area contributed by atoms with Crippen molar-refractivity contribution < 1.29 is 0 Å². The lowest BCUT2D eigenvalue weighted by Gasteiger charge is -2.10. The molecule has 1 aromatic heterocycles. The number of nitrogens with zero attached hydrogens (tertiary/aromatic N) is 2. The van der Waals surface area contributed by atoms with Gasteiger partial charge in [0.2, 0.25) is 0 Å². The van der Waals surface area contributed by atoms with Crippen molar-refractivity contribution in [2.75, 3.05) is 0 Å². The Morgan fingerprint density at radius 3 is 2.92 bits per heavy atom. The van der Waals surface area contributed by atoms with Crippen LogP contribution in [-0.2, 0) is 6.54 Å². The molecule has 0 bridgehead atoms. The van der Waals surface area contributed by atoms with Crippen LogP contribution in [0.25, 0.3) is 0 Å². The normalized spacial score (nSPS) is 18.6. The number of rotatable bonds is 3. The Morgan fingerprint density at radius 2 is 2.31 bits per heavy atom. The molecular weight excluding hydrogens is 162 g/mol. The average Bonchev–Trinajstić information content (AvgIpc) is 2.82. The quantitative estimate of drug-likeness (QED) is 0.759. The van der Waals surface area contributed by atoms with Gasteiger partial charge in [-0.05, 0) is 32.8 Å². The summed E-state index contributed by atoms with van der Waals surface area (Å²) in [6.07, 6.45) is 4.39. The van der Waals surface area contributed by atoms with Crippen LogP contribution in [-0.4, -0.2) is 15.5 Å². The van der Waals surface area contributed by atoms with E-state index in [0.717, 1.165) is 18.1 Å². The second kappa shape index (κ2) is 3.07. The Hall–Kier alpha value is -0.960. The zero-order valence-electron chi connectivity index (χ0n) is 8.17. The highest BCUT2D eigenvalue weighted by Gasteiger charge is 2.36. The van der Waals surface area contributed by atoms with Crippen LogP contribution in [0.5, 0.6) is 0 Å². The number of hydrogen-bond donors (Lipinski definition) is 1. The maximum atomic E-state index is 4.33. The predicted molar refractivity (Wildman–Crippen MR) is 51.2 cm³/mol. The standard InChI is InChI=1S/C10H15N3/c1-8-11-6-3-9(13-8)7-12-10(2)4-5-10/h3,6,12H,4-5,7H2,1-2H3. The minimum absolute atomic E-state index is 0.388. The second-order valence-corrected chi connectivity index (χ2v) is 4.01. The first-order valence-electron chi connectivity index (χ1n) is 4.72. The van der Waals surface area contributed by atoms with Crippen LogP contribution in [0.2, 0.25) is 0 Å². The van der Waals surface area contributed by atoms with E-state index in [1.165, 1.54) is 12.8 Å². The summed E-state index contributed by atoms with van der Waals surface area (Å²) >= 11 is 0. The van der Waals surface area contributed by atoms with Crippen LogP contribution < -0.4 is 5.32 Å². The van der Waals surface area contributed by atoms with Crippen molar-refractivity contribution in [1.82, 2.24) is 15.3 Å². The number of aromatic nitrogens is 2. The van der Waals surface area contributed by atoms with Crippen molar-refractivity contribution in [3.63, 3.8) is 0 Å². The molecule has 0 spiro atoms. The van der Waals surface area contributed by atoms with Gasteiger partial charge in [0.1, 0.15) is 5.82 Å². The molecule has 1 aliphatic carbocycles. The molecule has 1 saturated carbocycles. The van der Waals surface area contributed by atoms with Gasteiger partial charge >= 0.3 is 0 Å². The van der Waals surface area contributed by atoms with Crippen LogP contribution in [0.15, 0.2) is 12.3 Å². The molecule has 2 rings (SSSR count). The largest absolute Gasteiger partial charge is 0.306 e. The molecule has 0 aromatic carbocycles. The molecule has 1 fully saturated rings. The first-order chi connectivity index (χ1) is 6.18. The van der Waals surface area contributed by atoms with Crippen molar-refractivity contribution >= 4 is 0 Å². The molecular formula is C10H15N3. The van der Waals surface area contributed by atoms with Gasteiger partial charge in [-0.3, -0.25) is 0 Å². The Bertz CT molecular complexity index is 305. The third kappa shape index (κ3) is 2.25. The summed E-state index contributed by atoms with van der Waals surface area (Å²) in [5, 5.41) is 3.49. The van der Waals surface area contributed by atoms with Crippen LogP contribution in [0.1, 0.15) is 31.3 Å². The third-order valence-corrected chi connectivity index (χ3v) is 2.53. The minimum Gasteiger partial charge on any atom is -0.306 e. The van der Waals surface area contributed by atoms with Crippen LogP contribution >= 0.6 is 0 Å². The highest BCUT2D eigenvalue weighted by atomic mass is 15.0.